The van der Waals surface area contributed by atoms with Crippen molar-refractivity contribution in [2.45, 2.75) is 18.0 Å². The molecule has 31 heavy (non-hydrogen) atoms. The third-order valence-corrected chi connectivity index (χ3v) is 7.16. The molecule has 1 amide bonds. The van der Waals surface area contributed by atoms with Gasteiger partial charge in [0.2, 0.25) is 15.9 Å². The molecule has 0 radical (unpaired) electrons. The van der Waals surface area contributed by atoms with Crippen LogP contribution in [0.15, 0.2) is 77.8 Å². The molecule has 3 aromatic rings. The van der Waals surface area contributed by atoms with E-state index in [1.165, 1.54) is 19.2 Å². The van der Waals surface area contributed by atoms with E-state index in [1.54, 1.807) is 59.6 Å². The van der Waals surface area contributed by atoms with Crippen LogP contribution in [-0.2, 0) is 27.9 Å². The number of carbonyl (C=O) groups excluding carboxylic acids is 1. The predicted octanol–water partition coefficient (Wildman–Crippen LogP) is 4.24. The summed E-state index contributed by atoms with van der Waals surface area (Å²) < 4.78 is 26.6. The maximum atomic E-state index is 13.1. The minimum absolute atomic E-state index is 0.131. The SMILES string of the molecule is CN(CC(=O)N(Cc1ccc(Cl)c(Cl)c1)Cc1ccccn1)S(=O)(=O)c1ccccc1. The minimum atomic E-state index is -3.79. The second-order valence-corrected chi connectivity index (χ2v) is 9.75. The summed E-state index contributed by atoms with van der Waals surface area (Å²) in [5, 5.41) is 0.801. The molecule has 0 aliphatic heterocycles. The van der Waals surface area contributed by atoms with Gasteiger partial charge in [-0.05, 0) is 42.0 Å². The van der Waals surface area contributed by atoms with E-state index in [-0.39, 0.29) is 30.4 Å². The molecule has 9 heteroatoms. The Labute approximate surface area is 192 Å². The van der Waals surface area contributed by atoms with Crippen molar-refractivity contribution in [3.05, 3.63) is 94.2 Å². The summed E-state index contributed by atoms with van der Waals surface area (Å²) in [6.45, 7) is 0.135. The number of likely N-dealkylation sites (N-methyl/N-ethyl adjacent to an activating group) is 1. The van der Waals surface area contributed by atoms with Crippen LogP contribution < -0.4 is 0 Å². The van der Waals surface area contributed by atoms with Crippen LogP contribution in [-0.4, -0.2) is 42.1 Å². The number of amides is 1. The van der Waals surface area contributed by atoms with Crippen LogP contribution in [0.1, 0.15) is 11.3 Å². The number of carbonyl (C=O) groups is 1. The van der Waals surface area contributed by atoms with E-state index in [0.29, 0.717) is 15.7 Å². The van der Waals surface area contributed by atoms with Crippen molar-refractivity contribution in [3.8, 4) is 0 Å². The van der Waals surface area contributed by atoms with Gasteiger partial charge in [0.1, 0.15) is 0 Å². The molecule has 0 aliphatic rings. The Morgan fingerprint density at radius 3 is 2.29 bits per heavy atom. The smallest absolute Gasteiger partial charge is 0.243 e. The zero-order chi connectivity index (χ0) is 22.4. The molecular weight excluding hydrogens is 457 g/mol. The van der Waals surface area contributed by atoms with Gasteiger partial charge in [0, 0.05) is 19.8 Å². The largest absolute Gasteiger partial charge is 0.331 e. The van der Waals surface area contributed by atoms with Gasteiger partial charge in [0.05, 0.1) is 33.7 Å². The minimum Gasteiger partial charge on any atom is -0.331 e. The maximum absolute atomic E-state index is 13.1. The van der Waals surface area contributed by atoms with Gasteiger partial charge in [-0.1, -0.05) is 53.5 Å². The average Bonchev–Trinajstić information content (AvgIpc) is 2.77. The topological polar surface area (TPSA) is 70.6 Å². The lowest BCUT2D eigenvalue weighted by Gasteiger charge is -2.25. The zero-order valence-corrected chi connectivity index (χ0v) is 19.1. The molecule has 0 aliphatic carbocycles. The number of rotatable bonds is 8. The normalized spacial score (nSPS) is 11.5. The molecule has 6 nitrogen and oxygen atoms in total. The molecule has 0 unspecified atom stereocenters. The molecule has 0 fully saturated rings. The van der Waals surface area contributed by atoms with E-state index < -0.39 is 10.0 Å². The Balaban J connectivity index is 1.81. The fourth-order valence-electron chi connectivity index (χ4n) is 2.93. The molecule has 0 bridgehead atoms. The lowest BCUT2D eigenvalue weighted by Crippen LogP contribution is -2.40. The lowest BCUT2D eigenvalue weighted by molar-refractivity contribution is -0.132. The molecule has 0 spiro atoms. The van der Waals surface area contributed by atoms with Crippen molar-refractivity contribution in [1.29, 1.82) is 0 Å². The van der Waals surface area contributed by atoms with Crippen molar-refractivity contribution < 1.29 is 13.2 Å². The summed E-state index contributed by atoms with van der Waals surface area (Å²) in [6.07, 6.45) is 1.64. The van der Waals surface area contributed by atoms with Crippen molar-refractivity contribution in [2.24, 2.45) is 0 Å². The van der Waals surface area contributed by atoms with Gasteiger partial charge in [-0.15, -0.1) is 0 Å². The molecule has 0 N–H and O–H groups in total. The van der Waals surface area contributed by atoms with Crippen molar-refractivity contribution in [1.82, 2.24) is 14.2 Å². The van der Waals surface area contributed by atoms with E-state index in [2.05, 4.69) is 4.98 Å². The van der Waals surface area contributed by atoms with Gasteiger partial charge in [0.25, 0.3) is 0 Å². The number of hydrogen-bond acceptors (Lipinski definition) is 4. The van der Waals surface area contributed by atoms with Crippen LogP contribution in [0.25, 0.3) is 0 Å². The van der Waals surface area contributed by atoms with Crippen molar-refractivity contribution in [2.75, 3.05) is 13.6 Å². The van der Waals surface area contributed by atoms with Crippen LogP contribution in [0.4, 0.5) is 0 Å². The number of hydrogen-bond donors (Lipinski definition) is 0. The number of sulfonamides is 1. The molecule has 1 aromatic heterocycles. The second-order valence-electron chi connectivity index (χ2n) is 6.89. The molecule has 3 rings (SSSR count). The highest BCUT2D eigenvalue weighted by atomic mass is 35.5. The lowest BCUT2D eigenvalue weighted by atomic mass is 10.2. The number of nitrogens with zero attached hydrogens (tertiary/aromatic N) is 3. The van der Waals surface area contributed by atoms with E-state index in [1.807, 2.05) is 6.07 Å². The molecule has 162 valence electrons. The fourth-order valence-corrected chi connectivity index (χ4v) is 4.39. The number of halogens is 2. The summed E-state index contributed by atoms with van der Waals surface area (Å²) in [4.78, 5) is 19.1. The Kier molecular flexibility index (Phi) is 7.67. The molecule has 0 atom stereocenters. The average molecular weight is 478 g/mol. The highest BCUT2D eigenvalue weighted by Gasteiger charge is 2.25. The van der Waals surface area contributed by atoms with Crippen LogP contribution in [0.3, 0.4) is 0 Å². The van der Waals surface area contributed by atoms with Crippen molar-refractivity contribution >= 4 is 39.1 Å². The van der Waals surface area contributed by atoms with Gasteiger partial charge in [0.15, 0.2) is 0 Å². The van der Waals surface area contributed by atoms with E-state index in [0.717, 1.165) is 9.87 Å². The molecule has 2 aromatic carbocycles. The van der Waals surface area contributed by atoms with Gasteiger partial charge in [-0.3, -0.25) is 9.78 Å². The Morgan fingerprint density at radius 2 is 1.65 bits per heavy atom. The van der Waals surface area contributed by atoms with E-state index in [9.17, 15) is 13.2 Å². The Hall–Kier alpha value is -2.45. The highest BCUT2D eigenvalue weighted by Crippen LogP contribution is 2.24. The number of pyridine rings is 1. The summed E-state index contributed by atoms with van der Waals surface area (Å²) in [6, 6.07) is 18.6. The highest BCUT2D eigenvalue weighted by molar-refractivity contribution is 7.89. The Morgan fingerprint density at radius 1 is 0.935 bits per heavy atom. The summed E-state index contributed by atoms with van der Waals surface area (Å²) in [7, 11) is -2.41. The zero-order valence-electron chi connectivity index (χ0n) is 16.8. The van der Waals surface area contributed by atoms with Crippen LogP contribution in [0, 0.1) is 0 Å². The van der Waals surface area contributed by atoms with Gasteiger partial charge >= 0.3 is 0 Å². The number of aromatic nitrogens is 1. The molecule has 0 saturated carbocycles. The number of benzene rings is 2. The van der Waals surface area contributed by atoms with E-state index >= 15 is 0 Å². The first-order chi connectivity index (χ1) is 14.8. The van der Waals surface area contributed by atoms with Gasteiger partial charge in [-0.2, -0.15) is 4.31 Å². The molecule has 0 saturated heterocycles. The Bertz CT molecular complexity index is 1140. The first-order valence-corrected chi connectivity index (χ1v) is 11.6. The molecular formula is C22H21Cl2N3O3S. The maximum Gasteiger partial charge on any atom is 0.243 e. The fraction of sp³-hybridized carbons (Fsp3) is 0.182. The van der Waals surface area contributed by atoms with Gasteiger partial charge < -0.3 is 4.90 Å². The standard InChI is InChI=1S/C22H21Cl2N3O3S/c1-26(31(29,30)19-8-3-2-4-9-19)16-22(28)27(15-18-7-5-6-12-25-18)14-17-10-11-20(23)21(24)13-17/h2-13H,14-16H2,1H3. The third kappa shape index (κ3) is 6.04. The second kappa shape index (κ2) is 10.2. The first kappa shape index (κ1) is 23.2. The third-order valence-electron chi connectivity index (χ3n) is 4.60. The van der Waals surface area contributed by atoms with Crippen LogP contribution in [0.2, 0.25) is 10.0 Å². The molecule has 1 heterocycles. The summed E-state index contributed by atoms with van der Waals surface area (Å²) in [5.74, 6) is -0.362. The summed E-state index contributed by atoms with van der Waals surface area (Å²) in [5.41, 5.74) is 1.46. The summed E-state index contributed by atoms with van der Waals surface area (Å²) >= 11 is 12.1. The first-order valence-electron chi connectivity index (χ1n) is 9.40. The predicted molar refractivity (Wildman–Crippen MR) is 121 cm³/mol. The monoisotopic (exact) mass is 477 g/mol. The van der Waals surface area contributed by atoms with Crippen LogP contribution >= 0.6 is 23.2 Å². The van der Waals surface area contributed by atoms with E-state index in [4.69, 9.17) is 23.2 Å². The van der Waals surface area contributed by atoms with Crippen LogP contribution in [0.5, 0.6) is 0 Å². The van der Waals surface area contributed by atoms with Crippen molar-refractivity contribution in [3.63, 3.8) is 0 Å². The van der Waals surface area contributed by atoms with Gasteiger partial charge in [-0.25, -0.2) is 8.42 Å². The quantitative estimate of drug-likeness (QED) is 0.486.